The summed E-state index contributed by atoms with van der Waals surface area (Å²) in [5.41, 5.74) is 1.31. The van der Waals surface area contributed by atoms with Crippen LogP contribution in [0, 0.1) is 0 Å². The minimum atomic E-state index is -0.0279. The maximum atomic E-state index is 9.11. The molecule has 3 heteroatoms. The fraction of sp³-hybridized carbons (Fsp3) is 0.538. The summed E-state index contributed by atoms with van der Waals surface area (Å²) in [6, 6.07) is 10.8. The lowest BCUT2D eigenvalue weighted by Crippen LogP contribution is -2.48. The van der Waals surface area contributed by atoms with Crippen LogP contribution in [-0.4, -0.2) is 41.9 Å². The summed E-state index contributed by atoms with van der Waals surface area (Å²) >= 11 is 0. The van der Waals surface area contributed by atoms with Crippen LogP contribution < -0.4 is 0 Å². The second-order valence-corrected chi connectivity index (χ2v) is 4.40. The van der Waals surface area contributed by atoms with E-state index in [0.717, 1.165) is 13.1 Å². The lowest BCUT2D eigenvalue weighted by atomic mass is 10.1. The van der Waals surface area contributed by atoms with Gasteiger partial charge in [0, 0.05) is 19.1 Å². The van der Waals surface area contributed by atoms with Crippen LogP contribution in [0.25, 0.3) is 0 Å². The van der Waals surface area contributed by atoms with Gasteiger partial charge in [-0.1, -0.05) is 30.3 Å². The number of aliphatic hydroxyl groups excluding tert-OH is 1. The second kappa shape index (κ2) is 5.43. The Morgan fingerprint density at radius 2 is 2.12 bits per heavy atom. The number of nitrogens with zero attached hydrogens (tertiary/aromatic N) is 1. The van der Waals surface area contributed by atoms with Crippen LogP contribution in [0.4, 0.5) is 0 Å². The highest BCUT2D eigenvalue weighted by Gasteiger charge is 2.25. The predicted molar refractivity (Wildman–Crippen MR) is 63.1 cm³/mol. The zero-order valence-electron chi connectivity index (χ0n) is 9.67. The number of rotatable bonds is 3. The highest BCUT2D eigenvalue weighted by molar-refractivity contribution is 5.14. The zero-order valence-corrected chi connectivity index (χ0v) is 9.67. The molecule has 0 saturated carbocycles. The van der Waals surface area contributed by atoms with Gasteiger partial charge in [0.15, 0.2) is 0 Å². The number of hydrogen-bond donors (Lipinski definition) is 1. The monoisotopic (exact) mass is 221 g/mol. The fourth-order valence-corrected chi connectivity index (χ4v) is 2.02. The third-order valence-corrected chi connectivity index (χ3v) is 3.07. The normalized spacial score (nSPS) is 26.9. The molecule has 2 rings (SSSR count). The van der Waals surface area contributed by atoms with Crippen molar-refractivity contribution < 1.29 is 9.84 Å². The molecular weight excluding hydrogens is 202 g/mol. The summed E-state index contributed by atoms with van der Waals surface area (Å²) in [7, 11) is 0. The molecule has 1 aliphatic rings. The summed E-state index contributed by atoms with van der Waals surface area (Å²) in [6.07, 6.45) is -0.0279. The van der Waals surface area contributed by atoms with Crippen LogP contribution in [0.2, 0.25) is 0 Å². The molecule has 3 nitrogen and oxygen atoms in total. The minimum Gasteiger partial charge on any atom is -0.394 e. The lowest BCUT2D eigenvalue weighted by molar-refractivity contribution is -0.0805. The molecule has 0 bridgehead atoms. The summed E-state index contributed by atoms with van der Waals surface area (Å²) < 4.78 is 5.52. The summed E-state index contributed by atoms with van der Waals surface area (Å²) in [5.74, 6) is 0. The van der Waals surface area contributed by atoms with Gasteiger partial charge in [0.1, 0.15) is 0 Å². The molecule has 1 fully saturated rings. The minimum absolute atomic E-state index is 0.0279. The Morgan fingerprint density at radius 1 is 1.38 bits per heavy atom. The van der Waals surface area contributed by atoms with Gasteiger partial charge in [-0.15, -0.1) is 0 Å². The highest BCUT2D eigenvalue weighted by atomic mass is 16.5. The van der Waals surface area contributed by atoms with Crippen molar-refractivity contribution >= 4 is 0 Å². The molecule has 1 N–H and O–H groups in total. The molecule has 2 unspecified atom stereocenters. The van der Waals surface area contributed by atoms with Gasteiger partial charge in [-0.2, -0.15) is 0 Å². The van der Waals surface area contributed by atoms with Gasteiger partial charge in [0.05, 0.1) is 19.3 Å². The van der Waals surface area contributed by atoms with Crippen LogP contribution >= 0.6 is 0 Å². The Labute approximate surface area is 96.6 Å². The molecule has 0 aliphatic carbocycles. The molecular formula is C13H19NO2. The number of benzene rings is 1. The molecule has 1 saturated heterocycles. The topological polar surface area (TPSA) is 32.7 Å². The van der Waals surface area contributed by atoms with Gasteiger partial charge in [-0.25, -0.2) is 0 Å². The molecule has 1 aliphatic heterocycles. The fourth-order valence-electron chi connectivity index (χ4n) is 2.02. The van der Waals surface area contributed by atoms with Crippen molar-refractivity contribution in [2.24, 2.45) is 0 Å². The average molecular weight is 221 g/mol. The number of aliphatic hydroxyl groups is 1. The van der Waals surface area contributed by atoms with Crippen molar-refractivity contribution in [2.45, 2.75) is 25.6 Å². The average Bonchev–Trinajstić information content (AvgIpc) is 2.33. The van der Waals surface area contributed by atoms with Crippen LogP contribution in [0.5, 0.6) is 0 Å². The van der Waals surface area contributed by atoms with E-state index in [1.165, 1.54) is 5.56 Å². The van der Waals surface area contributed by atoms with Crippen LogP contribution in [0.1, 0.15) is 12.5 Å². The first-order chi connectivity index (χ1) is 7.79. The summed E-state index contributed by atoms with van der Waals surface area (Å²) in [4.78, 5) is 2.36. The van der Waals surface area contributed by atoms with E-state index in [1.807, 2.05) is 6.07 Å². The van der Waals surface area contributed by atoms with Crippen LogP contribution in [0.15, 0.2) is 30.3 Å². The smallest absolute Gasteiger partial charge is 0.0933 e. The largest absolute Gasteiger partial charge is 0.394 e. The van der Waals surface area contributed by atoms with E-state index in [0.29, 0.717) is 12.6 Å². The molecule has 1 heterocycles. The van der Waals surface area contributed by atoms with E-state index in [-0.39, 0.29) is 12.7 Å². The number of morpholine rings is 1. The Kier molecular flexibility index (Phi) is 3.93. The Bertz CT molecular complexity index is 315. The molecule has 0 spiro atoms. The first kappa shape index (κ1) is 11.6. The maximum Gasteiger partial charge on any atom is 0.0933 e. The van der Waals surface area contributed by atoms with Crippen molar-refractivity contribution in [1.82, 2.24) is 4.90 Å². The molecule has 88 valence electrons. The SMILES string of the molecule is CC1COC(CO)CN1Cc1ccccc1. The third-order valence-electron chi connectivity index (χ3n) is 3.07. The Hall–Kier alpha value is -0.900. The van der Waals surface area contributed by atoms with Crippen molar-refractivity contribution in [3.05, 3.63) is 35.9 Å². The van der Waals surface area contributed by atoms with E-state index < -0.39 is 0 Å². The van der Waals surface area contributed by atoms with Crippen LogP contribution in [0.3, 0.4) is 0 Å². The van der Waals surface area contributed by atoms with E-state index in [2.05, 4.69) is 36.1 Å². The van der Waals surface area contributed by atoms with Gasteiger partial charge in [0.2, 0.25) is 0 Å². The molecule has 0 radical (unpaired) electrons. The first-order valence-corrected chi connectivity index (χ1v) is 5.80. The van der Waals surface area contributed by atoms with Crippen molar-refractivity contribution in [1.29, 1.82) is 0 Å². The van der Waals surface area contributed by atoms with Gasteiger partial charge < -0.3 is 9.84 Å². The highest BCUT2D eigenvalue weighted by Crippen LogP contribution is 2.15. The zero-order chi connectivity index (χ0) is 11.4. The van der Waals surface area contributed by atoms with E-state index in [9.17, 15) is 0 Å². The summed E-state index contributed by atoms with van der Waals surface area (Å²) in [5, 5.41) is 9.11. The molecule has 16 heavy (non-hydrogen) atoms. The Balaban J connectivity index is 1.97. The molecule has 0 amide bonds. The van der Waals surface area contributed by atoms with Crippen molar-refractivity contribution in [3.8, 4) is 0 Å². The maximum absolute atomic E-state index is 9.11. The number of hydrogen-bond acceptors (Lipinski definition) is 3. The lowest BCUT2D eigenvalue weighted by Gasteiger charge is -2.37. The van der Waals surface area contributed by atoms with E-state index >= 15 is 0 Å². The third kappa shape index (κ3) is 2.82. The molecule has 1 aromatic rings. The number of ether oxygens (including phenoxy) is 1. The van der Waals surface area contributed by atoms with E-state index in [1.54, 1.807) is 0 Å². The standard InChI is InChI=1S/C13H19NO2/c1-11-10-16-13(9-15)8-14(11)7-12-5-3-2-4-6-12/h2-6,11,13,15H,7-10H2,1H3. The van der Waals surface area contributed by atoms with E-state index in [4.69, 9.17) is 9.84 Å². The van der Waals surface area contributed by atoms with Crippen molar-refractivity contribution in [3.63, 3.8) is 0 Å². The summed E-state index contributed by atoms with van der Waals surface area (Å²) in [6.45, 7) is 4.72. The van der Waals surface area contributed by atoms with Gasteiger partial charge >= 0.3 is 0 Å². The molecule has 2 atom stereocenters. The van der Waals surface area contributed by atoms with Gasteiger partial charge in [-0.05, 0) is 12.5 Å². The quantitative estimate of drug-likeness (QED) is 0.834. The Morgan fingerprint density at radius 3 is 2.81 bits per heavy atom. The molecule has 0 aromatic heterocycles. The van der Waals surface area contributed by atoms with Gasteiger partial charge in [0.25, 0.3) is 0 Å². The van der Waals surface area contributed by atoms with Gasteiger partial charge in [-0.3, -0.25) is 4.90 Å². The second-order valence-electron chi connectivity index (χ2n) is 4.40. The molecule has 1 aromatic carbocycles. The van der Waals surface area contributed by atoms with Crippen molar-refractivity contribution in [2.75, 3.05) is 19.8 Å². The predicted octanol–water partition coefficient (Wildman–Crippen LogP) is 1.27. The van der Waals surface area contributed by atoms with Crippen LogP contribution in [-0.2, 0) is 11.3 Å². The first-order valence-electron chi connectivity index (χ1n) is 5.80.